The van der Waals surface area contributed by atoms with Gasteiger partial charge in [0.15, 0.2) is 17.3 Å². The number of nitrogens with zero attached hydrogens (tertiary/aromatic N) is 5. The number of rotatable bonds is 7. The Kier molecular flexibility index (Phi) is 6.26. The first-order chi connectivity index (χ1) is 17.2. The Morgan fingerprint density at radius 2 is 1.78 bits per heavy atom. The third kappa shape index (κ3) is 4.70. The molecule has 0 spiro atoms. The number of aromatic nitrogens is 5. The van der Waals surface area contributed by atoms with Crippen molar-refractivity contribution < 1.29 is 9.47 Å². The van der Waals surface area contributed by atoms with E-state index < -0.39 is 0 Å². The van der Waals surface area contributed by atoms with Crippen LogP contribution in [0.2, 0.25) is 0 Å². The van der Waals surface area contributed by atoms with Crippen molar-refractivity contribution in [3.63, 3.8) is 0 Å². The molecule has 9 nitrogen and oxygen atoms in total. The van der Waals surface area contributed by atoms with Crippen molar-refractivity contribution in [2.24, 2.45) is 5.92 Å². The molecule has 9 heteroatoms. The number of hydrogen-bond donors (Lipinski definition) is 1. The van der Waals surface area contributed by atoms with Gasteiger partial charge in [0.2, 0.25) is 6.79 Å². The second-order valence-corrected chi connectivity index (χ2v) is 10.6. The fourth-order valence-corrected chi connectivity index (χ4v) is 4.79. The number of ether oxygens (including phenoxy) is 2. The molecular formula is C27H32N6O3. The molecule has 188 valence electrons. The minimum atomic E-state index is -0.284. The van der Waals surface area contributed by atoms with Crippen LogP contribution in [0.15, 0.2) is 53.3 Å². The van der Waals surface area contributed by atoms with Gasteiger partial charge in [-0.15, -0.1) is 5.10 Å². The van der Waals surface area contributed by atoms with Crippen molar-refractivity contribution in [3.8, 4) is 11.5 Å². The standard InChI is InChI=1S/C27H32N6O3/c1-17(2)24(25-29-30-31-33(25)27(3,4)5)32(14-18-9-7-6-8-10-18)15-20-11-19-12-22-23(36-16-35-22)13-21(19)28-26(20)34/h6-13,17,24H,14-16H2,1-5H3,(H,28,34)/t24-/m0/s1. The van der Waals surface area contributed by atoms with E-state index in [9.17, 15) is 4.79 Å². The van der Waals surface area contributed by atoms with Crippen LogP contribution in [0.1, 0.15) is 57.6 Å². The molecule has 5 rings (SSSR count). The fraction of sp³-hybridized carbons (Fsp3) is 0.407. The summed E-state index contributed by atoms with van der Waals surface area (Å²) in [5, 5.41) is 13.7. The predicted octanol–water partition coefficient (Wildman–Crippen LogP) is 4.40. The molecule has 0 amide bonds. The van der Waals surface area contributed by atoms with Crippen LogP contribution >= 0.6 is 0 Å². The number of fused-ring (bicyclic) bond motifs is 2. The molecule has 1 aliphatic heterocycles. The summed E-state index contributed by atoms with van der Waals surface area (Å²) in [6, 6.07) is 15.8. The van der Waals surface area contributed by atoms with E-state index in [1.54, 1.807) is 0 Å². The minimum Gasteiger partial charge on any atom is -0.454 e. The molecule has 36 heavy (non-hydrogen) atoms. The second-order valence-electron chi connectivity index (χ2n) is 10.6. The van der Waals surface area contributed by atoms with Crippen molar-refractivity contribution in [2.45, 2.75) is 59.3 Å². The Morgan fingerprint density at radius 3 is 2.47 bits per heavy atom. The maximum absolute atomic E-state index is 13.2. The molecule has 0 unspecified atom stereocenters. The molecule has 2 aromatic heterocycles. The van der Waals surface area contributed by atoms with Gasteiger partial charge in [-0.25, -0.2) is 4.68 Å². The summed E-state index contributed by atoms with van der Waals surface area (Å²) in [5.41, 5.74) is 2.13. The van der Waals surface area contributed by atoms with Crippen LogP contribution in [0, 0.1) is 5.92 Å². The first-order valence-corrected chi connectivity index (χ1v) is 12.2. The average Bonchev–Trinajstić information content (AvgIpc) is 3.48. The summed E-state index contributed by atoms with van der Waals surface area (Å²) in [6.07, 6.45) is 0. The maximum Gasteiger partial charge on any atom is 0.252 e. The highest BCUT2D eigenvalue weighted by molar-refractivity contribution is 5.83. The third-order valence-corrected chi connectivity index (χ3v) is 6.43. The van der Waals surface area contributed by atoms with Crippen LogP contribution in [0.5, 0.6) is 11.5 Å². The average molecular weight is 489 g/mol. The van der Waals surface area contributed by atoms with Crippen molar-refractivity contribution in [1.29, 1.82) is 0 Å². The molecular weight excluding hydrogens is 456 g/mol. The fourth-order valence-electron chi connectivity index (χ4n) is 4.79. The van der Waals surface area contributed by atoms with Crippen LogP contribution in [0.25, 0.3) is 10.9 Å². The van der Waals surface area contributed by atoms with Gasteiger partial charge < -0.3 is 14.5 Å². The van der Waals surface area contributed by atoms with Crippen LogP contribution in [0.3, 0.4) is 0 Å². The molecule has 0 aliphatic carbocycles. The van der Waals surface area contributed by atoms with Crippen LogP contribution in [-0.2, 0) is 18.6 Å². The Balaban J connectivity index is 1.58. The first kappa shape index (κ1) is 24.0. The number of aromatic amines is 1. The highest BCUT2D eigenvalue weighted by Gasteiger charge is 2.33. The van der Waals surface area contributed by atoms with Gasteiger partial charge >= 0.3 is 0 Å². The Hall–Kier alpha value is -3.72. The van der Waals surface area contributed by atoms with E-state index in [1.807, 2.05) is 41.1 Å². The molecule has 0 saturated heterocycles. The second kappa shape index (κ2) is 9.39. The topological polar surface area (TPSA) is 98.2 Å². The summed E-state index contributed by atoms with van der Waals surface area (Å²) < 4.78 is 12.9. The zero-order valence-electron chi connectivity index (χ0n) is 21.4. The lowest BCUT2D eigenvalue weighted by atomic mass is 9.98. The van der Waals surface area contributed by atoms with Crippen molar-refractivity contribution in [1.82, 2.24) is 30.1 Å². The van der Waals surface area contributed by atoms with E-state index in [-0.39, 0.29) is 29.9 Å². The summed E-state index contributed by atoms with van der Waals surface area (Å²) in [4.78, 5) is 18.5. The van der Waals surface area contributed by atoms with Gasteiger partial charge in [0.05, 0.1) is 17.1 Å². The molecule has 3 heterocycles. The summed E-state index contributed by atoms with van der Waals surface area (Å²) >= 11 is 0. The monoisotopic (exact) mass is 488 g/mol. The van der Waals surface area contributed by atoms with E-state index in [4.69, 9.17) is 9.47 Å². The molecule has 0 bridgehead atoms. The Morgan fingerprint density at radius 1 is 1.06 bits per heavy atom. The molecule has 0 radical (unpaired) electrons. The number of H-pyrrole nitrogens is 1. The maximum atomic E-state index is 13.2. The van der Waals surface area contributed by atoms with E-state index >= 15 is 0 Å². The highest BCUT2D eigenvalue weighted by Crippen LogP contribution is 2.36. The molecule has 1 N–H and O–H groups in total. The van der Waals surface area contributed by atoms with Gasteiger partial charge in [-0.3, -0.25) is 9.69 Å². The first-order valence-electron chi connectivity index (χ1n) is 12.2. The van der Waals surface area contributed by atoms with Gasteiger partial charge in [0.25, 0.3) is 5.56 Å². The van der Waals surface area contributed by atoms with Gasteiger partial charge in [-0.2, -0.15) is 0 Å². The Labute approximate surface area is 210 Å². The van der Waals surface area contributed by atoms with Crippen LogP contribution in [0.4, 0.5) is 0 Å². The van der Waals surface area contributed by atoms with E-state index in [2.05, 4.69) is 72.2 Å². The SMILES string of the molecule is CC(C)[C@@H](c1nnnn1C(C)(C)C)N(Cc1ccccc1)Cc1cc2cc3c(cc2[nH]c1=O)OCO3. The molecule has 1 atom stereocenters. The van der Waals surface area contributed by atoms with Gasteiger partial charge in [0, 0.05) is 30.1 Å². The normalized spacial score (nSPS) is 14.2. The number of hydrogen-bond acceptors (Lipinski definition) is 7. The number of benzene rings is 2. The summed E-state index contributed by atoms with van der Waals surface area (Å²) in [6.45, 7) is 11.8. The van der Waals surface area contributed by atoms with E-state index in [0.717, 1.165) is 22.3 Å². The van der Waals surface area contributed by atoms with Gasteiger partial charge in [0.1, 0.15) is 0 Å². The lowest BCUT2D eigenvalue weighted by Gasteiger charge is -2.35. The lowest BCUT2D eigenvalue weighted by Crippen LogP contribution is -2.37. The third-order valence-electron chi connectivity index (χ3n) is 6.43. The number of nitrogens with one attached hydrogen (secondary N) is 1. The van der Waals surface area contributed by atoms with Gasteiger partial charge in [-0.1, -0.05) is 44.2 Å². The van der Waals surface area contributed by atoms with Crippen LogP contribution in [-0.4, -0.2) is 36.9 Å². The summed E-state index contributed by atoms with van der Waals surface area (Å²) in [5.74, 6) is 2.31. The van der Waals surface area contributed by atoms with E-state index in [0.29, 0.717) is 30.2 Å². The predicted molar refractivity (Wildman–Crippen MR) is 137 cm³/mol. The quantitative estimate of drug-likeness (QED) is 0.412. The van der Waals surface area contributed by atoms with Crippen molar-refractivity contribution >= 4 is 10.9 Å². The molecule has 2 aromatic carbocycles. The minimum absolute atomic E-state index is 0.119. The van der Waals surface area contributed by atoms with Crippen molar-refractivity contribution in [3.05, 3.63) is 75.8 Å². The lowest BCUT2D eigenvalue weighted by molar-refractivity contribution is 0.120. The smallest absolute Gasteiger partial charge is 0.252 e. The molecule has 1 aliphatic rings. The number of pyridine rings is 1. The number of tetrazole rings is 1. The molecule has 0 fully saturated rings. The van der Waals surface area contributed by atoms with Crippen molar-refractivity contribution in [2.75, 3.05) is 6.79 Å². The highest BCUT2D eigenvalue weighted by atomic mass is 16.7. The van der Waals surface area contributed by atoms with Gasteiger partial charge in [-0.05, 0) is 54.8 Å². The zero-order chi connectivity index (χ0) is 25.4. The van der Waals surface area contributed by atoms with Crippen LogP contribution < -0.4 is 15.0 Å². The molecule has 4 aromatic rings. The largest absolute Gasteiger partial charge is 0.454 e. The van der Waals surface area contributed by atoms with E-state index in [1.165, 1.54) is 0 Å². The summed E-state index contributed by atoms with van der Waals surface area (Å²) in [7, 11) is 0. The molecule has 0 saturated carbocycles. The Bertz CT molecular complexity index is 1420. The zero-order valence-corrected chi connectivity index (χ0v) is 21.4.